The molecule has 0 saturated carbocycles. The average molecular weight is 404 g/mol. The third-order valence-corrected chi connectivity index (χ3v) is 5.45. The van der Waals surface area contributed by atoms with Gasteiger partial charge in [-0.1, -0.05) is 23.7 Å². The van der Waals surface area contributed by atoms with Crippen molar-refractivity contribution in [2.24, 2.45) is 5.73 Å². The highest BCUT2D eigenvalue weighted by atomic mass is 35.5. The van der Waals surface area contributed by atoms with Crippen molar-refractivity contribution in [1.29, 1.82) is 0 Å². The number of hydrogen-bond donors (Lipinski definition) is 3. The number of thiophene rings is 1. The number of fused-ring (bicyclic) bond motifs is 1. The van der Waals surface area contributed by atoms with Crippen LogP contribution in [0.15, 0.2) is 24.3 Å². The number of carbonyl (C=O) groups is 2. The van der Waals surface area contributed by atoms with E-state index in [2.05, 4.69) is 15.3 Å². The minimum atomic E-state index is -0.638. The van der Waals surface area contributed by atoms with Crippen LogP contribution in [-0.2, 0) is 4.79 Å². The molecule has 138 valence electrons. The molecule has 5 N–H and O–H groups in total. The SMILES string of the molecule is NC(=O)c1sc2nc(OC3CNC(=O)C3)nc(-c3cccc(Cl)c3)c2c1N. The maximum atomic E-state index is 11.7. The van der Waals surface area contributed by atoms with Crippen molar-refractivity contribution >= 4 is 50.7 Å². The number of rotatable bonds is 4. The lowest BCUT2D eigenvalue weighted by Gasteiger charge is -2.12. The van der Waals surface area contributed by atoms with Gasteiger partial charge in [0.2, 0.25) is 5.91 Å². The molecule has 1 unspecified atom stereocenters. The van der Waals surface area contributed by atoms with Gasteiger partial charge in [0.05, 0.1) is 29.7 Å². The number of anilines is 1. The minimum absolute atomic E-state index is 0.0903. The molecule has 1 saturated heterocycles. The van der Waals surface area contributed by atoms with Gasteiger partial charge in [-0.3, -0.25) is 9.59 Å². The maximum Gasteiger partial charge on any atom is 0.318 e. The number of nitrogens with zero attached hydrogens (tertiary/aromatic N) is 2. The van der Waals surface area contributed by atoms with E-state index in [1.54, 1.807) is 18.2 Å². The molecular weight excluding hydrogens is 390 g/mol. The largest absolute Gasteiger partial charge is 0.458 e. The van der Waals surface area contributed by atoms with Gasteiger partial charge in [0.15, 0.2) is 0 Å². The number of halogens is 1. The molecule has 1 atom stereocenters. The van der Waals surface area contributed by atoms with Crippen molar-refractivity contribution in [3.05, 3.63) is 34.2 Å². The van der Waals surface area contributed by atoms with E-state index in [0.29, 0.717) is 33.0 Å². The minimum Gasteiger partial charge on any atom is -0.458 e. The van der Waals surface area contributed by atoms with Crippen molar-refractivity contribution in [1.82, 2.24) is 15.3 Å². The molecular formula is C17H14ClN5O3S. The summed E-state index contributed by atoms with van der Waals surface area (Å²) in [6.07, 6.45) is -0.136. The average Bonchev–Trinajstić information content (AvgIpc) is 3.17. The topological polar surface area (TPSA) is 133 Å². The fraction of sp³-hybridized carbons (Fsp3) is 0.176. The Morgan fingerprint density at radius 1 is 1.37 bits per heavy atom. The van der Waals surface area contributed by atoms with Crippen molar-refractivity contribution < 1.29 is 14.3 Å². The Balaban J connectivity index is 1.89. The van der Waals surface area contributed by atoms with Gasteiger partial charge >= 0.3 is 6.01 Å². The molecule has 3 heterocycles. The second-order valence-electron chi connectivity index (χ2n) is 6.00. The van der Waals surface area contributed by atoms with Crippen LogP contribution in [0.3, 0.4) is 0 Å². The zero-order chi connectivity index (χ0) is 19.1. The van der Waals surface area contributed by atoms with Gasteiger partial charge in [-0.05, 0) is 12.1 Å². The van der Waals surface area contributed by atoms with Crippen LogP contribution >= 0.6 is 22.9 Å². The second-order valence-corrected chi connectivity index (χ2v) is 7.44. The zero-order valence-electron chi connectivity index (χ0n) is 13.9. The Morgan fingerprint density at radius 2 is 2.19 bits per heavy atom. The van der Waals surface area contributed by atoms with Crippen LogP contribution in [0.25, 0.3) is 21.5 Å². The number of primary amides is 1. The Hall–Kier alpha value is -2.91. The fourth-order valence-electron chi connectivity index (χ4n) is 2.89. The van der Waals surface area contributed by atoms with E-state index in [1.807, 2.05) is 6.07 Å². The summed E-state index contributed by atoms with van der Waals surface area (Å²) < 4.78 is 5.77. The molecule has 2 amide bonds. The molecule has 1 aliphatic rings. The summed E-state index contributed by atoms with van der Waals surface area (Å²) >= 11 is 7.18. The van der Waals surface area contributed by atoms with Crippen molar-refractivity contribution in [2.75, 3.05) is 12.3 Å². The summed E-state index contributed by atoms with van der Waals surface area (Å²) in [5.41, 5.74) is 13.0. The standard InChI is InChI=1S/C17H14ClN5O3S/c18-8-3-1-2-7(4-8)13-11-12(19)14(15(20)25)27-16(11)23-17(22-13)26-9-5-10(24)21-6-9/h1-4,9H,5-6,19H2,(H2,20,25)(H,21,24). The molecule has 0 bridgehead atoms. The van der Waals surface area contributed by atoms with Gasteiger partial charge in [-0.2, -0.15) is 9.97 Å². The normalized spacial score (nSPS) is 16.5. The summed E-state index contributed by atoms with van der Waals surface area (Å²) in [5, 5.41) is 3.74. The van der Waals surface area contributed by atoms with Crippen molar-refractivity contribution in [2.45, 2.75) is 12.5 Å². The second kappa shape index (κ2) is 6.67. The van der Waals surface area contributed by atoms with E-state index in [9.17, 15) is 9.59 Å². The molecule has 2 aromatic heterocycles. The molecule has 1 fully saturated rings. The van der Waals surface area contributed by atoms with Gasteiger partial charge in [0, 0.05) is 10.6 Å². The zero-order valence-corrected chi connectivity index (χ0v) is 15.4. The van der Waals surface area contributed by atoms with Gasteiger partial charge < -0.3 is 21.5 Å². The van der Waals surface area contributed by atoms with Crippen LogP contribution in [-0.4, -0.2) is 34.4 Å². The van der Waals surface area contributed by atoms with Gasteiger partial charge in [-0.25, -0.2) is 0 Å². The van der Waals surface area contributed by atoms with E-state index in [4.69, 9.17) is 27.8 Å². The van der Waals surface area contributed by atoms with E-state index < -0.39 is 5.91 Å². The number of hydrogen-bond acceptors (Lipinski definition) is 7. The summed E-state index contributed by atoms with van der Waals surface area (Å²) in [7, 11) is 0. The number of carbonyl (C=O) groups excluding carboxylic acids is 2. The Kier molecular flexibility index (Phi) is 4.33. The molecule has 0 aliphatic carbocycles. The van der Waals surface area contributed by atoms with Crippen molar-refractivity contribution in [3.63, 3.8) is 0 Å². The lowest BCUT2D eigenvalue weighted by Crippen LogP contribution is -2.21. The molecule has 10 heteroatoms. The number of ether oxygens (including phenoxy) is 1. The highest BCUT2D eigenvalue weighted by Crippen LogP contribution is 2.39. The summed E-state index contributed by atoms with van der Waals surface area (Å²) in [6.45, 7) is 0.381. The lowest BCUT2D eigenvalue weighted by atomic mass is 10.1. The van der Waals surface area contributed by atoms with E-state index in [1.165, 1.54) is 0 Å². The molecule has 0 spiro atoms. The first-order chi connectivity index (χ1) is 12.9. The van der Waals surface area contributed by atoms with Crippen LogP contribution < -0.4 is 21.5 Å². The highest BCUT2D eigenvalue weighted by Gasteiger charge is 2.26. The fourth-order valence-corrected chi connectivity index (χ4v) is 4.02. The Morgan fingerprint density at radius 3 is 2.85 bits per heavy atom. The van der Waals surface area contributed by atoms with Crippen molar-refractivity contribution in [3.8, 4) is 17.3 Å². The molecule has 8 nitrogen and oxygen atoms in total. The number of aromatic nitrogens is 2. The van der Waals surface area contributed by atoms with Crippen LogP contribution in [0, 0.1) is 0 Å². The predicted molar refractivity (Wildman–Crippen MR) is 103 cm³/mol. The van der Waals surface area contributed by atoms with Gasteiger partial charge in [0.1, 0.15) is 15.8 Å². The van der Waals surface area contributed by atoms with Gasteiger partial charge in [-0.15, -0.1) is 11.3 Å². The summed E-state index contributed by atoms with van der Waals surface area (Å²) in [4.78, 5) is 32.6. The molecule has 1 aromatic carbocycles. The van der Waals surface area contributed by atoms with E-state index in [0.717, 1.165) is 11.3 Å². The third-order valence-electron chi connectivity index (χ3n) is 4.10. The van der Waals surface area contributed by atoms with Crippen LogP contribution in [0.4, 0.5) is 5.69 Å². The number of nitrogens with two attached hydrogens (primary N) is 2. The lowest BCUT2D eigenvalue weighted by molar-refractivity contribution is -0.119. The molecule has 1 aliphatic heterocycles. The first-order valence-electron chi connectivity index (χ1n) is 8.01. The highest BCUT2D eigenvalue weighted by molar-refractivity contribution is 7.21. The number of benzene rings is 1. The summed E-state index contributed by atoms with van der Waals surface area (Å²) in [5.74, 6) is -0.729. The van der Waals surface area contributed by atoms with Gasteiger partial charge in [0.25, 0.3) is 5.91 Å². The Bertz CT molecular complexity index is 1080. The third kappa shape index (κ3) is 3.26. The van der Waals surface area contributed by atoms with Crippen LogP contribution in [0.2, 0.25) is 5.02 Å². The van der Waals surface area contributed by atoms with E-state index >= 15 is 0 Å². The summed E-state index contributed by atoms with van der Waals surface area (Å²) in [6, 6.07) is 7.16. The van der Waals surface area contributed by atoms with E-state index in [-0.39, 0.29) is 35.0 Å². The van der Waals surface area contributed by atoms with Crippen LogP contribution in [0.5, 0.6) is 6.01 Å². The monoisotopic (exact) mass is 403 g/mol. The molecule has 27 heavy (non-hydrogen) atoms. The molecule has 4 rings (SSSR count). The first-order valence-corrected chi connectivity index (χ1v) is 9.21. The number of nitrogens with one attached hydrogen (secondary N) is 1. The number of nitrogen functional groups attached to an aromatic ring is 1. The molecule has 0 radical (unpaired) electrons. The first kappa shape index (κ1) is 17.5. The number of amides is 2. The smallest absolute Gasteiger partial charge is 0.318 e. The predicted octanol–water partition coefficient (Wildman–Crippen LogP) is 1.96. The van der Waals surface area contributed by atoms with Crippen LogP contribution in [0.1, 0.15) is 16.1 Å². The quantitative estimate of drug-likeness (QED) is 0.609. The Labute approximate surface area is 162 Å². The maximum absolute atomic E-state index is 11.7. The molecule has 3 aromatic rings.